The topological polar surface area (TPSA) is 29.5 Å². The zero-order chi connectivity index (χ0) is 15.4. The highest BCUT2D eigenvalue weighted by Crippen LogP contribution is 2.30. The van der Waals surface area contributed by atoms with Crippen molar-refractivity contribution in [1.29, 1.82) is 0 Å². The van der Waals surface area contributed by atoms with E-state index < -0.39 is 0 Å². The molecule has 0 saturated heterocycles. The van der Waals surface area contributed by atoms with Crippen molar-refractivity contribution < 1.29 is 9.53 Å². The highest BCUT2D eigenvalue weighted by Gasteiger charge is 2.29. The largest absolute Gasteiger partial charge is 0.442 e. The fraction of sp³-hybridized carbons (Fsp3) is 0.706. The highest BCUT2D eigenvalue weighted by atomic mass is 16.6. The predicted molar refractivity (Wildman–Crippen MR) is 83.7 cm³/mol. The molecule has 1 unspecified atom stereocenters. The van der Waals surface area contributed by atoms with Gasteiger partial charge in [-0.15, -0.1) is 0 Å². The van der Waals surface area contributed by atoms with Crippen LogP contribution in [-0.2, 0) is 4.74 Å². The highest BCUT2D eigenvalue weighted by molar-refractivity contribution is 5.68. The Kier molecular flexibility index (Phi) is 5.85. The summed E-state index contributed by atoms with van der Waals surface area (Å²) in [4.78, 5) is 14.2. The van der Waals surface area contributed by atoms with Gasteiger partial charge in [-0.05, 0) is 65.9 Å². The van der Waals surface area contributed by atoms with E-state index >= 15 is 0 Å². The van der Waals surface area contributed by atoms with Gasteiger partial charge in [-0.1, -0.05) is 18.2 Å². The minimum Gasteiger partial charge on any atom is -0.442 e. The summed E-state index contributed by atoms with van der Waals surface area (Å²) in [5, 5.41) is 0. The van der Waals surface area contributed by atoms with Crippen molar-refractivity contribution in [3.05, 3.63) is 23.8 Å². The van der Waals surface area contributed by atoms with Crippen LogP contribution >= 0.6 is 0 Å². The van der Waals surface area contributed by atoms with Gasteiger partial charge in [0.15, 0.2) is 0 Å². The molecule has 0 spiro atoms. The van der Waals surface area contributed by atoms with Gasteiger partial charge < -0.3 is 9.64 Å². The van der Waals surface area contributed by atoms with Gasteiger partial charge in [0.2, 0.25) is 0 Å². The van der Waals surface area contributed by atoms with Crippen LogP contribution in [0.3, 0.4) is 0 Å². The summed E-state index contributed by atoms with van der Waals surface area (Å²) in [6, 6.07) is 0.291. The first-order valence-electron chi connectivity index (χ1n) is 7.55. The zero-order valence-electron chi connectivity index (χ0n) is 13.8. The number of allylic oxidation sites excluding steroid dienone is 2. The quantitative estimate of drug-likeness (QED) is 0.707. The van der Waals surface area contributed by atoms with Crippen LogP contribution < -0.4 is 0 Å². The normalized spacial score (nSPS) is 22.7. The van der Waals surface area contributed by atoms with Crippen LogP contribution in [0.1, 0.15) is 54.4 Å². The lowest BCUT2D eigenvalue weighted by Gasteiger charge is -2.34. The molecule has 20 heavy (non-hydrogen) atoms. The Morgan fingerprint density at radius 3 is 2.35 bits per heavy atom. The molecule has 0 saturated carbocycles. The molecule has 1 amide bonds. The second-order valence-corrected chi connectivity index (χ2v) is 6.43. The zero-order valence-corrected chi connectivity index (χ0v) is 13.8. The minimum atomic E-state index is -0.213. The van der Waals surface area contributed by atoms with E-state index in [1.165, 1.54) is 5.57 Å². The molecule has 2 atom stereocenters. The maximum absolute atomic E-state index is 12.4. The van der Waals surface area contributed by atoms with Crippen molar-refractivity contribution in [2.75, 3.05) is 0 Å². The lowest BCUT2D eigenvalue weighted by Crippen LogP contribution is -2.44. The number of carbonyl (C=O) groups excluding carboxylic acids is 1. The average molecular weight is 279 g/mol. The van der Waals surface area contributed by atoms with Crippen molar-refractivity contribution in [3.8, 4) is 0 Å². The molecule has 1 aliphatic rings. The maximum atomic E-state index is 12.4. The van der Waals surface area contributed by atoms with E-state index in [1.807, 2.05) is 41.5 Å². The summed E-state index contributed by atoms with van der Waals surface area (Å²) in [5.41, 5.74) is 2.32. The molecule has 0 aliphatic heterocycles. The number of rotatable bonds is 4. The Morgan fingerprint density at radius 1 is 1.35 bits per heavy atom. The Morgan fingerprint density at radius 2 is 1.90 bits per heavy atom. The Bertz CT molecular complexity index is 388. The Balaban J connectivity index is 2.75. The molecule has 3 heteroatoms. The van der Waals surface area contributed by atoms with Gasteiger partial charge in [-0.25, -0.2) is 4.79 Å². The van der Waals surface area contributed by atoms with Crippen molar-refractivity contribution in [2.45, 2.75) is 72.6 Å². The third-order valence-electron chi connectivity index (χ3n) is 3.99. The molecule has 0 radical (unpaired) electrons. The molecule has 0 N–H and O–H groups in total. The third-order valence-corrected chi connectivity index (χ3v) is 3.99. The van der Waals surface area contributed by atoms with Crippen molar-refractivity contribution in [3.63, 3.8) is 0 Å². The van der Waals surface area contributed by atoms with Gasteiger partial charge in [0, 0.05) is 12.1 Å². The number of hydrogen-bond donors (Lipinski definition) is 0. The monoisotopic (exact) mass is 279 g/mol. The molecular weight excluding hydrogens is 250 g/mol. The first kappa shape index (κ1) is 16.8. The summed E-state index contributed by atoms with van der Waals surface area (Å²) in [6.45, 7) is 16.2. The second kappa shape index (κ2) is 6.96. The van der Waals surface area contributed by atoms with Crippen LogP contribution in [0.15, 0.2) is 23.8 Å². The van der Waals surface area contributed by atoms with Crippen molar-refractivity contribution in [2.24, 2.45) is 5.92 Å². The Hall–Kier alpha value is -1.25. The van der Waals surface area contributed by atoms with Crippen LogP contribution in [0.25, 0.3) is 0 Å². The summed E-state index contributed by atoms with van der Waals surface area (Å²) in [5.74, 6) is 0.419. The number of amides is 1. The second-order valence-electron chi connectivity index (χ2n) is 6.43. The molecule has 114 valence electrons. The average Bonchev–Trinajstić information content (AvgIpc) is 2.30. The lowest BCUT2D eigenvalue weighted by atomic mass is 9.84. The van der Waals surface area contributed by atoms with Gasteiger partial charge in [0.05, 0.1) is 0 Å². The predicted octanol–water partition coefficient (Wildman–Crippen LogP) is 4.54. The fourth-order valence-electron chi connectivity index (χ4n) is 2.74. The van der Waals surface area contributed by atoms with E-state index in [2.05, 4.69) is 12.7 Å². The molecule has 0 bridgehead atoms. The van der Waals surface area contributed by atoms with Gasteiger partial charge >= 0.3 is 6.09 Å². The van der Waals surface area contributed by atoms with Gasteiger partial charge in [-0.2, -0.15) is 0 Å². The molecule has 0 fully saturated rings. The van der Waals surface area contributed by atoms with Gasteiger partial charge in [-0.3, -0.25) is 0 Å². The Labute approximate surface area is 123 Å². The SMILES string of the molecule is C=C(C)[C@@H]1CC=C(C)C(OC(=O)N(C(C)C)C(C)C)C1. The lowest BCUT2D eigenvalue weighted by molar-refractivity contribution is 0.0482. The first-order chi connectivity index (χ1) is 9.23. The van der Waals surface area contributed by atoms with Crippen LogP contribution in [0.4, 0.5) is 4.79 Å². The summed E-state index contributed by atoms with van der Waals surface area (Å²) < 4.78 is 5.75. The van der Waals surface area contributed by atoms with E-state index in [9.17, 15) is 4.79 Å². The summed E-state index contributed by atoms with van der Waals surface area (Å²) >= 11 is 0. The molecule has 1 rings (SSSR count). The number of hydrogen-bond acceptors (Lipinski definition) is 2. The van der Waals surface area contributed by atoms with E-state index in [-0.39, 0.29) is 24.3 Å². The molecule has 3 nitrogen and oxygen atoms in total. The smallest absolute Gasteiger partial charge is 0.410 e. The van der Waals surface area contributed by atoms with Crippen LogP contribution in [0, 0.1) is 5.92 Å². The van der Waals surface area contributed by atoms with E-state index in [0.717, 1.165) is 18.4 Å². The molecule has 0 heterocycles. The van der Waals surface area contributed by atoms with Crippen LogP contribution in [0.5, 0.6) is 0 Å². The van der Waals surface area contributed by atoms with E-state index in [4.69, 9.17) is 4.74 Å². The van der Waals surface area contributed by atoms with Gasteiger partial charge in [0.25, 0.3) is 0 Å². The third kappa shape index (κ3) is 4.12. The number of nitrogens with zero attached hydrogens (tertiary/aromatic N) is 1. The summed E-state index contributed by atoms with van der Waals surface area (Å²) in [7, 11) is 0. The molecular formula is C17H29NO2. The first-order valence-corrected chi connectivity index (χ1v) is 7.55. The summed E-state index contributed by atoms with van der Waals surface area (Å²) in [6.07, 6.45) is 3.71. The fourth-order valence-corrected chi connectivity index (χ4v) is 2.74. The van der Waals surface area contributed by atoms with E-state index in [0.29, 0.717) is 5.92 Å². The molecule has 0 aromatic heterocycles. The van der Waals surface area contributed by atoms with E-state index in [1.54, 1.807) is 4.90 Å². The standard InChI is InChI=1S/C17H29NO2/c1-11(2)15-9-8-14(7)16(10-15)20-17(19)18(12(3)4)13(5)6/h8,12-13,15-16H,1,9-10H2,2-7H3/t15-,16?/m1/s1. The van der Waals surface area contributed by atoms with Crippen LogP contribution in [-0.4, -0.2) is 29.2 Å². The maximum Gasteiger partial charge on any atom is 0.410 e. The number of carbonyl (C=O) groups is 1. The van der Waals surface area contributed by atoms with Crippen molar-refractivity contribution >= 4 is 6.09 Å². The minimum absolute atomic E-state index is 0.113. The van der Waals surface area contributed by atoms with Gasteiger partial charge in [0.1, 0.15) is 6.10 Å². The number of ether oxygens (including phenoxy) is 1. The molecule has 0 aromatic carbocycles. The van der Waals surface area contributed by atoms with Crippen LogP contribution in [0.2, 0.25) is 0 Å². The molecule has 1 aliphatic carbocycles. The molecule has 0 aromatic rings. The van der Waals surface area contributed by atoms with Crippen molar-refractivity contribution in [1.82, 2.24) is 4.90 Å².